The van der Waals surface area contributed by atoms with Gasteiger partial charge in [0.1, 0.15) is 5.75 Å². The fourth-order valence-electron chi connectivity index (χ4n) is 3.17. The number of methoxy groups -OCH3 is 1. The average molecular weight is 431 g/mol. The Balaban J connectivity index is 1.57. The highest BCUT2D eigenvalue weighted by Gasteiger charge is 2.18. The Labute approximate surface area is 179 Å². The summed E-state index contributed by atoms with van der Waals surface area (Å²) in [6.07, 6.45) is 4.97. The molecule has 8 heteroatoms. The van der Waals surface area contributed by atoms with Gasteiger partial charge in [-0.3, -0.25) is 9.59 Å². The summed E-state index contributed by atoms with van der Waals surface area (Å²) in [5, 5.41) is 0. The molecule has 1 fully saturated rings. The van der Waals surface area contributed by atoms with Gasteiger partial charge >= 0.3 is 6.61 Å². The molecule has 0 bridgehead atoms. The van der Waals surface area contributed by atoms with E-state index in [1.54, 1.807) is 41.3 Å². The number of amides is 1. The Morgan fingerprint density at radius 3 is 2.42 bits per heavy atom. The van der Waals surface area contributed by atoms with Crippen LogP contribution < -0.4 is 14.2 Å². The lowest BCUT2D eigenvalue weighted by molar-refractivity contribution is -0.132. The molecule has 31 heavy (non-hydrogen) atoms. The predicted octanol–water partition coefficient (Wildman–Crippen LogP) is 4.19. The molecule has 0 aromatic heterocycles. The van der Waals surface area contributed by atoms with Crippen LogP contribution in [0.5, 0.6) is 17.2 Å². The normalized spacial score (nSPS) is 13.6. The number of likely N-dealkylation sites (tertiary alicyclic amines) is 1. The number of halogens is 2. The van der Waals surface area contributed by atoms with E-state index in [0.29, 0.717) is 16.9 Å². The summed E-state index contributed by atoms with van der Waals surface area (Å²) in [6.45, 7) is -1.44. The molecule has 1 amide bonds. The second-order valence-corrected chi connectivity index (χ2v) is 6.89. The lowest BCUT2D eigenvalue weighted by Crippen LogP contribution is -2.32. The number of ether oxygens (including phenoxy) is 3. The van der Waals surface area contributed by atoms with Crippen molar-refractivity contribution in [2.75, 3.05) is 26.8 Å². The van der Waals surface area contributed by atoms with Crippen LogP contribution in [-0.2, 0) is 4.79 Å². The molecule has 164 valence electrons. The molecule has 0 saturated carbocycles. The number of hydrogen-bond acceptors (Lipinski definition) is 5. The molecule has 2 aromatic carbocycles. The Bertz CT molecular complexity index is 937. The number of alkyl halides is 2. The van der Waals surface area contributed by atoms with Gasteiger partial charge in [-0.2, -0.15) is 8.78 Å². The highest BCUT2D eigenvalue weighted by Crippen LogP contribution is 2.30. The van der Waals surface area contributed by atoms with Gasteiger partial charge in [0, 0.05) is 18.7 Å². The Kier molecular flexibility index (Phi) is 7.59. The van der Waals surface area contributed by atoms with E-state index in [-0.39, 0.29) is 29.8 Å². The third-order valence-electron chi connectivity index (χ3n) is 4.79. The third kappa shape index (κ3) is 6.28. The predicted molar refractivity (Wildman–Crippen MR) is 111 cm³/mol. The van der Waals surface area contributed by atoms with Crippen molar-refractivity contribution in [1.82, 2.24) is 4.90 Å². The minimum atomic E-state index is -2.96. The number of benzene rings is 2. The molecule has 1 heterocycles. The zero-order valence-electron chi connectivity index (χ0n) is 17.1. The second kappa shape index (κ2) is 10.6. The lowest BCUT2D eigenvalue weighted by Gasteiger charge is -2.15. The number of rotatable bonds is 9. The summed E-state index contributed by atoms with van der Waals surface area (Å²) in [4.78, 5) is 26.2. The van der Waals surface area contributed by atoms with Crippen LogP contribution in [0.2, 0.25) is 0 Å². The van der Waals surface area contributed by atoms with Crippen molar-refractivity contribution in [1.29, 1.82) is 0 Å². The molecule has 1 aliphatic rings. The molecular weight excluding hydrogens is 408 g/mol. The first-order valence-corrected chi connectivity index (χ1v) is 9.82. The highest BCUT2D eigenvalue weighted by atomic mass is 19.3. The molecule has 6 nitrogen and oxygen atoms in total. The van der Waals surface area contributed by atoms with Crippen molar-refractivity contribution >= 4 is 17.8 Å². The number of carbonyl (C=O) groups excluding carboxylic acids is 2. The summed E-state index contributed by atoms with van der Waals surface area (Å²) >= 11 is 0. The van der Waals surface area contributed by atoms with Crippen molar-refractivity contribution in [2.45, 2.75) is 19.5 Å². The molecule has 3 rings (SSSR count). The van der Waals surface area contributed by atoms with Crippen molar-refractivity contribution in [2.24, 2.45) is 0 Å². The van der Waals surface area contributed by atoms with Gasteiger partial charge in [-0.1, -0.05) is 12.1 Å². The monoisotopic (exact) mass is 431 g/mol. The van der Waals surface area contributed by atoms with Crippen LogP contribution in [0.4, 0.5) is 8.78 Å². The SMILES string of the molecule is COc1cc(/C=C/C(=O)c2ccc(OCC(=O)N3CCCC3)cc2)ccc1OC(F)F. The van der Waals surface area contributed by atoms with Crippen molar-refractivity contribution in [3.05, 3.63) is 59.7 Å². The van der Waals surface area contributed by atoms with E-state index < -0.39 is 6.61 Å². The summed E-state index contributed by atoms with van der Waals surface area (Å²) < 4.78 is 39.7. The van der Waals surface area contributed by atoms with E-state index in [9.17, 15) is 18.4 Å². The average Bonchev–Trinajstić information content (AvgIpc) is 3.31. The standard InChI is InChI=1S/C23H23F2NO5/c1-29-21-14-16(5-11-20(21)31-23(24)25)4-10-19(27)17-6-8-18(9-7-17)30-15-22(28)26-12-2-3-13-26/h4-11,14,23H,2-3,12-13,15H2,1H3/b10-4+. The number of nitrogens with zero attached hydrogens (tertiary/aromatic N) is 1. The summed E-state index contributed by atoms with van der Waals surface area (Å²) in [6, 6.07) is 10.9. The molecule has 0 atom stereocenters. The minimum absolute atomic E-state index is 0.0275. The molecule has 0 unspecified atom stereocenters. The summed E-state index contributed by atoms with van der Waals surface area (Å²) in [5.74, 6) is 0.277. The lowest BCUT2D eigenvalue weighted by atomic mass is 10.1. The first-order valence-electron chi connectivity index (χ1n) is 9.82. The van der Waals surface area contributed by atoms with Gasteiger partial charge in [0.05, 0.1) is 7.11 Å². The smallest absolute Gasteiger partial charge is 0.387 e. The zero-order chi connectivity index (χ0) is 22.2. The molecule has 1 aliphatic heterocycles. The van der Waals surface area contributed by atoms with E-state index >= 15 is 0 Å². The van der Waals surface area contributed by atoms with Crippen molar-refractivity contribution in [3.8, 4) is 17.2 Å². The van der Waals surface area contributed by atoms with E-state index in [1.807, 2.05) is 0 Å². The number of allylic oxidation sites excluding steroid dienone is 1. The first-order chi connectivity index (χ1) is 15.0. The molecule has 1 saturated heterocycles. The van der Waals surface area contributed by atoms with Gasteiger partial charge < -0.3 is 19.1 Å². The van der Waals surface area contributed by atoms with Crippen LogP contribution in [0.1, 0.15) is 28.8 Å². The number of carbonyl (C=O) groups is 2. The van der Waals surface area contributed by atoms with Crippen molar-refractivity contribution in [3.63, 3.8) is 0 Å². The van der Waals surface area contributed by atoms with Gasteiger partial charge in [0.15, 0.2) is 23.9 Å². The Morgan fingerprint density at radius 1 is 1.06 bits per heavy atom. The first kappa shape index (κ1) is 22.3. The quantitative estimate of drug-likeness (QED) is 0.440. The maximum absolute atomic E-state index is 12.4. The minimum Gasteiger partial charge on any atom is -0.493 e. The fraction of sp³-hybridized carbons (Fsp3) is 0.304. The zero-order valence-corrected chi connectivity index (χ0v) is 17.1. The van der Waals surface area contributed by atoms with Gasteiger partial charge in [0.2, 0.25) is 0 Å². The van der Waals surface area contributed by atoms with Gasteiger partial charge in [0.25, 0.3) is 5.91 Å². The topological polar surface area (TPSA) is 65.1 Å². The maximum atomic E-state index is 12.4. The van der Waals surface area contributed by atoms with E-state index in [2.05, 4.69) is 4.74 Å². The number of ketones is 1. The van der Waals surface area contributed by atoms with E-state index in [4.69, 9.17) is 9.47 Å². The van der Waals surface area contributed by atoms with Crippen LogP contribution in [0.15, 0.2) is 48.5 Å². The summed E-state index contributed by atoms with van der Waals surface area (Å²) in [5.41, 5.74) is 1.03. The van der Waals surface area contributed by atoms with Crippen molar-refractivity contribution < 1.29 is 32.6 Å². The molecule has 0 N–H and O–H groups in total. The van der Waals surface area contributed by atoms with Gasteiger partial charge in [-0.15, -0.1) is 0 Å². The largest absolute Gasteiger partial charge is 0.493 e. The Hall–Kier alpha value is -3.42. The fourth-order valence-corrected chi connectivity index (χ4v) is 3.17. The summed E-state index contributed by atoms with van der Waals surface area (Å²) in [7, 11) is 1.34. The van der Waals surface area contributed by atoms with Crippen LogP contribution in [0.25, 0.3) is 6.08 Å². The van der Waals surface area contributed by atoms with Crippen LogP contribution in [0, 0.1) is 0 Å². The molecule has 0 aliphatic carbocycles. The maximum Gasteiger partial charge on any atom is 0.387 e. The Morgan fingerprint density at radius 2 is 1.77 bits per heavy atom. The molecule has 2 aromatic rings. The van der Waals surface area contributed by atoms with Gasteiger partial charge in [-0.25, -0.2) is 0 Å². The highest BCUT2D eigenvalue weighted by molar-refractivity contribution is 6.06. The second-order valence-electron chi connectivity index (χ2n) is 6.89. The van der Waals surface area contributed by atoms with Crippen LogP contribution in [0.3, 0.4) is 0 Å². The van der Waals surface area contributed by atoms with Crippen LogP contribution in [-0.4, -0.2) is 50.0 Å². The molecule has 0 spiro atoms. The molecular formula is C23H23F2NO5. The van der Waals surface area contributed by atoms with E-state index in [1.165, 1.54) is 25.3 Å². The van der Waals surface area contributed by atoms with Gasteiger partial charge in [-0.05, 0) is 60.9 Å². The van der Waals surface area contributed by atoms with E-state index in [0.717, 1.165) is 25.9 Å². The third-order valence-corrected chi connectivity index (χ3v) is 4.79. The van der Waals surface area contributed by atoms with Crippen LogP contribution >= 0.6 is 0 Å². The molecule has 0 radical (unpaired) electrons. The number of hydrogen-bond donors (Lipinski definition) is 0.